The van der Waals surface area contributed by atoms with Crippen LogP contribution in [0.5, 0.6) is 0 Å². The number of halogens is 1. The lowest BCUT2D eigenvalue weighted by Crippen LogP contribution is -2.12. The fraction of sp³-hybridized carbons (Fsp3) is 0.0625. The molecule has 0 spiro atoms. The molecule has 0 aliphatic rings. The third-order valence-electron chi connectivity index (χ3n) is 3.00. The summed E-state index contributed by atoms with van der Waals surface area (Å²) in [5.41, 5.74) is 1.58. The highest BCUT2D eigenvalue weighted by Gasteiger charge is 2.12. The van der Waals surface area contributed by atoms with Crippen molar-refractivity contribution in [2.24, 2.45) is 0 Å². The molecule has 0 bridgehead atoms. The van der Waals surface area contributed by atoms with Crippen LogP contribution in [0.15, 0.2) is 54.6 Å². The molecule has 1 aromatic heterocycles. The fourth-order valence-corrected chi connectivity index (χ4v) is 2.95. The number of nitrogens with zero attached hydrogens (tertiary/aromatic N) is 2. The molecule has 1 N–H and O–H groups in total. The van der Waals surface area contributed by atoms with Crippen LogP contribution in [0.3, 0.4) is 0 Å². The zero-order valence-electron chi connectivity index (χ0n) is 11.5. The molecule has 0 aliphatic heterocycles. The molecule has 3 aromatic rings. The molecule has 6 heteroatoms. The van der Waals surface area contributed by atoms with Crippen LogP contribution in [0.2, 0.25) is 5.02 Å². The minimum Gasteiger partial charge on any atom is -0.296 e. The Bertz CT molecular complexity index is 789. The highest BCUT2D eigenvalue weighted by atomic mass is 35.5. The molecule has 0 radical (unpaired) electrons. The standard InChI is InChI=1S/C16H12ClN3OS/c17-13-9-5-4-8-12(13)15(21)18-16-20-19-14(22-16)10-11-6-2-1-3-7-11/h1-9H,10H2,(H,18,20,21). The number of hydrogen-bond acceptors (Lipinski definition) is 4. The summed E-state index contributed by atoms with van der Waals surface area (Å²) in [5, 5.41) is 12.6. The van der Waals surface area contributed by atoms with Crippen molar-refractivity contribution in [3.63, 3.8) is 0 Å². The minimum absolute atomic E-state index is 0.284. The molecule has 1 amide bonds. The van der Waals surface area contributed by atoms with Crippen LogP contribution in [0, 0.1) is 0 Å². The Morgan fingerprint density at radius 3 is 2.55 bits per heavy atom. The van der Waals surface area contributed by atoms with Gasteiger partial charge in [0.25, 0.3) is 5.91 Å². The molecule has 2 aromatic carbocycles. The van der Waals surface area contributed by atoms with Gasteiger partial charge in [-0.1, -0.05) is 65.4 Å². The Morgan fingerprint density at radius 2 is 1.77 bits per heavy atom. The number of nitrogens with one attached hydrogen (secondary N) is 1. The molecule has 22 heavy (non-hydrogen) atoms. The maximum absolute atomic E-state index is 12.1. The Balaban J connectivity index is 1.69. The normalized spacial score (nSPS) is 10.4. The van der Waals surface area contributed by atoms with Crippen molar-refractivity contribution in [3.8, 4) is 0 Å². The van der Waals surface area contributed by atoms with Gasteiger partial charge in [0, 0.05) is 6.42 Å². The Morgan fingerprint density at radius 1 is 1.05 bits per heavy atom. The minimum atomic E-state index is -0.284. The quantitative estimate of drug-likeness (QED) is 0.786. The molecule has 0 saturated heterocycles. The maximum atomic E-state index is 12.1. The summed E-state index contributed by atoms with van der Waals surface area (Å²) in [6.45, 7) is 0. The van der Waals surface area contributed by atoms with Gasteiger partial charge in [-0.15, -0.1) is 10.2 Å². The summed E-state index contributed by atoms with van der Waals surface area (Å²) in [6, 6.07) is 16.9. The molecule has 4 nitrogen and oxygen atoms in total. The third kappa shape index (κ3) is 3.50. The number of carbonyl (C=O) groups excluding carboxylic acids is 1. The lowest BCUT2D eigenvalue weighted by atomic mass is 10.2. The van der Waals surface area contributed by atoms with E-state index in [0.29, 0.717) is 22.1 Å². The van der Waals surface area contributed by atoms with Gasteiger partial charge in [-0.3, -0.25) is 10.1 Å². The average molecular weight is 330 g/mol. The number of hydrogen-bond donors (Lipinski definition) is 1. The first-order chi connectivity index (χ1) is 10.7. The van der Waals surface area contributed by atoms with E-state index in [2.05, 4.69) is 15.5 Å². The molecule has 1 heterocycles. The van der Waals surface area contributed by atoms with Gasteiger partial charge in [0.15, 0.2) is 0 Å². The zero-order chi connectivity index (χ0) is 15.4. The second kappa shape index (κ2) is 6.68. The van der Waals surface area contributed by atoms with Crippen LogP contribution in [0.1, 0.15) is 20.9 Å². The van der Waals surface area contributed by atoms with Crippen molar-refractivity contribution in [1.29, 1.82) is 0 Å². The van der Waals surface area contributed by atoms with E-state index in [9.17, 15) is 4.79 Å². The molecule has 0 atom stereocenters. The van der Waals surface area contributed by atoms with Crippen LogP contribution < -0.4 is 5.32 Å². The largest absolute Gasteiger partial charge is 0.296 e. The van der Waals surface area contributed by atoms with Crippen LogP contribution in [-0.4, -0.2) is 16.1 Å². The van der Waals surface area contributed by atoms with Crippen LogP contribution in [0.4, 0.5) is 5.13 Å². The third-order valence-corrected chi connectivity index (χ3v) is 4.17. The van der Waals surface area contributed by atoms with Crippen molar-refractivity contribution in [2.45, 2.75) is 6.42 Å². The van der Waals surface area contributed by atoms with E-state index < -0.39 is 0 Å². The molecular weight excluding hydrogens is 318 g/mol. The SMILES string of the molecule is O=C(Nc1nnc(Cc2ccccc2)s1)c1ccccc1Cl. The van der Waals surface area contributed by atoms with E-state index in [0.717, 1.165) is 10.6 Å². The van der Waals surface area contributed by atoms with Gasteiger partial charge in [-0.05, 0) is 17.7 Å². The van der Waals surface area contributed by atoms with Crippen molar-refractivity contribution < 1.29 is 4.79 Å². The number of amides is 1. The number of carbonyl (C=O) groups is 1. The monoisotopic (exact) mass is 329 g/mol. The summed E-state index contributed by atoms with van der Waals surface area (Å²) in [6.07, 6.45) is 0.695. The van der Waals surface area contributed by atoms with Gasteiger partial charge in [-0.2, -0.15) is 0 Å². The van der Waals surface area contributed by atoms with Crippen LogP contribution in [-0.2, 0) is 6.42 Å². The topological polar surface area (TPSA) is 54.9 Å². The van der Waals surface area contributed by atoms with E-state index >= 15 is 0 Å². The van der Waals surface area contributed by atoms with E-state index in [1.165, 1.54) is 11.3 Å². The molecule has 0 fully saturated rings. The lowest BCUT2D eigenvalue weighted by molar-refractivity contribution is 0.102. The lowest BCUT2D eigenvalue weighted by Gasteiger charge is -2.02. The summed E-state index contributed by atoms with van der Waals surface area (Å²) in [7, 11) is 0. The maximum Gasteiger partial charge on any atom is 0.259 e. The Labute approximate surface area is 136 Å². The number of benzene rings is 2. The molecular formula is C16H12ClN3OS. The predicted octanol–water partition coefficient (Wildman–Crippen LogP) is 4.03. The smallest absolute Gasteiger partial charge is 0.259 e. The fourth-order valence-electron chi connectivity index (χ4n) is 1.96. The zero-order valence-corrected chi connectivity index (χ0v) is 13.1. The van der Waals surface area contributed by atoms with E-state index in [-0.39, 0.29) is 5.91 Å². The first-order valence-electron chi connectivity index (χ1n) is 6.64. The highest BCUT2D eigenvalue weighted by molar-refractivity contribution is 7.15. The van der Waals surface area contributed by atoms with Crippen molar-refractivity contribution in [1.82, 2.24) is 10.2 Å². The van der Waals surface area contributed by atoms with Crippen molar-refractivity contribution in [3.05, 3.63) is 75.8 Å². The number of aromatic nitrogens is 2. The molecule has 3 rings (SSSR count). The molecule has 110 valence electrons. The summed E-state index contributed by atoms with van der Waals surface area (Å²) >= 11 is 7.36. The number of rotatable bonds is 4. The summed E-state index contributed by atoms with van der Waals surface area (Å²) in [5.74, 6) is -0.284. The highest BCUT2D eigenvalue weighted by Crippen LogP contribution is 2.21. The summed E-state index contributed by atoms with van der Waals surface area (Å²) < 4.78 is 0. The van der Waals surface area contributed by atoms with Crippen molar-refractivity contribution in [2.75, 3.05) is 5.32 Å². The average Bonchev–Trinajstić information content (AvgIpc) is 2.95. The van der Waals surface area contributed by atoms with Crippen molar-refractivity contribution >= 4 is 34.0 Å². The van der Waals surface area contributed by atoms with Gasteiger partial charge < -0.3 is 0 Å². The van der Waals surface area contributed by atoms with Gasteiger partial charge >= 0.3 is 0 Å². The summed E-state index contributed by atoms with van der Waals surface area (Å²) in [4.78, 5) is 12.1. The predicted molar refractivity (Wildman–Crippen MR) is 88.6 cm³/mol. The van der Waals surface area contributed by atoms with Gasteiger partial charge in [0.1, 0.15) is 5.01 Å². The Kier molecular flexibility index (Phi) is 4.46. The molecule has 0 unspecified atom stereocenters. The molecule has 0 saturated carbocycles. The second-order valence-corrected chi connectivity index (χ2v) is 6.07. The van der Waals surface area contributed by atoms with Gasteiger partial charge in [0.2, 0.25) is 5.13 Å². The van der Waals surface area contributed by atoms with E-state index in [1.54, 1.807) is 24.3 Å². The van der Waals surface area contributed by atoms with Crippen LogP contribution >= 0.6 is 22.9 Å². The first kappa shape index (κ1) is 14.7. The van der Waals surface area contributed by atoms with E-state index in [1.807, 2.05) is 30.3 Å². The van der Waals surface area contributed by atoms with Gasteiger partial charge in [0.05, 0.1) is 10.6 Å². The van der Waals surface area contributed by atoms with Gasteiger partial charge in [-0.25, -0.2) is 0 Å². The first-order valence-corrected chi connectivity index (χ1v) is 7.84. The Hall–Kier alpha value is -2.24. The van der Waals surface area contributed by atoms with Crippen LogP contribution in [0.25, 0.3) is 0 Å². The molecule has 0 aliphatic carbocycles. The number of anilines is 1. The second-order valence-electron chi connectivity index (χ2n) is 4.60. The van der Waals surface area contributed by atoms with E-state index in [4.69, 9.17) is 11.6 Å².